The molecule has 0 atom stereocenters. The summed E-state index contributed by atoms with van der Waals surface area (Å²) in [4.78, 5) is 35.1. The van der Waals surface area contributed by atoms with E-state index in [0.717, 1.165) is 6.07 Å². The number of hydrogen-bond donors (Lipinski definition) is 1. The Bertz CT molecular complexity index is 1560. The van der Waals surface area contributed by atoms with Crippen LogP contribution in [-0.4, -0.2) is 49.8 Å². The standard InChI is InChI=1S/C26H20F4N6O3/c1-35-8-7-20(34-35)16-11-17(19(27)12-18(16)26(28,29)30)24(37)32-21-13-31-22(14-36-9-10-39-25(36)38)33-23(21)15-5-3-2-4-6-15/h2-8,11-13H,9-10,14H2,1H3,(H,32,37). The number of hydrogen-bond acceptors (Lipinski definition) is 6. The van der Waals surface area contributed by atoms with E-state index in [1.165, 1.54) is 35.1 Å². The Morgan fingerprint density at radius 3 is 2.56 bits per heavy atom. The first-order valence-corrected chi connectivity index (χ1v) is 11.7. The Labute approximate surface area is 219 Å². The topological polar surface area (TPSA) is 102 Å². The number of benzene rings is 2. The molecule has 0 saturated carbocycles. The van der Waals surface area contributed by atoms with Gasteiger partial charge >= 0.3 is 12.3 Å². The number of ether oxygens (including phenoxy) is 1. The molecule has 1 aliphatic heterocycles. The van der Waals surface area contributed by atoms with Gasteiger partial charge in [-0.05, 0) is 18.2 Å². The van der Waals surface area contributed by atoms with Crippen LogP contribution in [0.25, 0.3) is 22.5 Å². The Kier molecular flexibility index (Phi) is 6.73. The summed E-state index contributed by atoms with van der Waals surface area (Å²) in [5.74, 6) is -2.09. The number of aryl methyl sites for hydroxylation is 1. The molecule has 13 heteroatoms. The number of rotatable bonds is 6. The first kappa shape index (κ1) is 25.8. The molecule has 1 aliphatic rings. The normalized spacial score (nSPS) is 13.5. The van der Waals surface area contributed by atoms with Gasteiger partial charge in [-0.1, -0.05) is 30.3 Å². The van der Waals surface area contributed by atoms with Crippen LogP contribution in [0.5, 0.6) is 0 Å². The number of aromatic nitrogens is 4. The molecule has 2 aromatic heterocycles. The third-order valence-electron chi connectivity index (χ3n) is 5.96. The van der Waals surface area contributed by atoms with Gasteiger partial charge in [0.15, 0.2) is 0 Å². The maximum absolute atomic E-state index is 14.9. The summed E-state index contributed by atoms with van der Waals surface area (Å²) < 4.78 is 62.2. The number of carbonyl (C=O) groups is 2. The Balaban J connectivity index is 1.52. The molecule has 0 bridgehead atoms. The molecule has 1 fully saturated rings. The van der Waals surface area contributed by atoms with Gasteiger partial charge < -0.3 is 10.1 Å². The molecule has 1 saturated heterocycles. The monoisotopic (exact) mass is 540 g/mol. The number of alkyl halides is 3. The minimum absolute atomic E-state index is 0.0634. The van der Waals surface area contributed by atoms with Crippen LogP contribution in [0.1, 0.15) is 21.7 Å². The Hall–Kier alpha value is -4.81. The molecule has 9 nitrogen and oxygen atoms in total. The van der Waals surface area contributed by atoms with E-state index in [2.05, 4.69) is 20.4 Å². The number of nitrogens with one attached hydrogen (secondary N) is 1. The van der Waals surface area contributed by atoms with E-state index < -0.39 is 40.7 Å². The summed E-state index contributed by atoms with van der Waals surface area (Å²) in [6.07, 6.45) is -2.65. The third kappa shape index (κ3) is 5.42. The summed E-state index contributed by atoms with van der Waals surface area (Å²) in [5, 5.41) is 6.51. The van der Waals surface area contributed by atoms with E-state index >= 15 is 0 Å². The second kappa shape index (κ2) is 10.2. The second-order valence-electron chi connectivity index (χ2n) is 8.65. The molecule has 0 aliphatic carbocycles. The zero-order chi connectivity index (χ0) is 27.7. The molecule has 1 N–H and O–H groups in total. The molecule has 2 aromatic carbocycles. The van der Waals surface area contributed by atoms with E-state index in [1.807, 2.05) is 0 Å². The molecule has 200 valence electrons. The van der Waals surface area contributed by atoms with Gasteiger partial charge in [0, 0.05) is 24.4 Å². The maximum atomic E-state index is 14.9. The average molecular weight is 540 g/mol. The quantitative estimate of drug-likeness (QED) is 0.349. The molecular formula is C26H20F4N6O3. The summed E-state index contributed by atoms with van der Waals surface area (Å²) in [7, 11) is 1.52. The van der Waals surface area contributed by atoms with Crippen LogP contribution in [0.3, 0.4) is 0 Å². The summed E-state index contributed by atoms with van der Waals surface area (Å²) in [6.45, 7) is 0.679. The lowest BCUT2D eigenvalue weighted by Gasteiger charge is -2.16. The predicted molar refractivity (Wildman–Crippen MR) is 131 cm³/mol. The van der Waals surface area contributed by atoms with E-state index in [9.17, 15) is 27.2 Å². The first-order valence-electron chi connectivity index (χ1n) is 11.7. The van der Waals surface area contributed by atoms with Crippen molar-refractivity contribution in [3.05, 3.63) is 83.7 Å². The second-order valence-corrected chi connectivity index (χ2v) is 8.65. The zero-order valence-corrected chi connectivity index (χ0v) is 20.4. The Morgan fingerprint density at radius 1 is 1.15 bits per heavy atom. The van der Waals surface area contributed by atoms with Gasteiger partial charge in [-0.15, -0.1) is 0 Å². The van der Waals surface area contributed by atoms with Crippen LogP contribution in [0, 0.1) is 5.82 Å². The highest BCUT2D eigenvalue weighted by Gasteiger charge is 2.36. The van der Waals surface area contributed by atoms with E-state index in [4.69, 9.17) is 4.74 Å². The lowest BCUT2D eigenvalue weighted by Crippen LogP contribution is -2.25. The molecule has 0 spiro atoms. The fourth-order valence-corrected chi connectivity index (χ4v) is 4.08. The summed E-state index contributed by atoms with van der Waals surface area (Å²) in [6, 6.07) is 11.2. The first-order chi connectivity index (χ1) is 18.6. The van der Waals surface area contributed by atoms with Gasteiger partial charge in [0.05, 0.1) is 47.5 Å². The van der Waals surface area contributed by atoms with Gasteiger partial charge in [0.1, 0.15) is 18.2 Å². The van der Waals surface area contributed by atoms with Gasteiger partial charge in [-0.2, -0.15) is 18.3 Å². The average Bonchev–Trinajstić information content (AvgIpc) is 3.52. The van der Waals surface area contributed by atoms with Crippen LogP contribution in [0.4, 0.5) is 28.0 Å². The lowest BCUT2D eigenvalue weighted by molar-refractivity contribution is -0.137. The van der Waals surface area contributed by atoms with E-state index in [1.54, 1.807) is 30.3 Å². The van der Waals surface area contributed by atoms with Crippen LogP contribution in [0.15, 0.2) is 60.9 Å². The number of nitrogens with zero attached hydrogens (tertiary/aromatic N) is 5. The molecule has 4 aromatic rings. The van der Waals surface area contributed by atoms with Crippen LogP contribution < -0.4 is 5.32 Å². The zero-order valence-electron chi connectivity index (χ0n) is 20.4. The molecule has 5 rings (SSSR count). The van der Waals surface area contributed by atoms with Crippen LogP contribution in [0.2, 0.25) is 0 Å². The summed E-state index contributed by atoms with van der Waals surface area (Å²) >= 11 is 0. The Morgan fingerprint density at radius 2 is 1.92 bits per heavy atom. The van der Waals surface area contributed by atoms with Crippen molar-refractivity contribution >= 4 is 17.7 Å². The van der Waals surface area contributed by atoms with E-state index in [0.29, 0.717) is 12.1 Å². The highest BCUT2D eigenvalue weighted by molar-refractivity contribution is 6.06. The minimum atomic E-state index is -4.88. The van der Waals surface area contributed by atoms with Crippen molar-refractivity contribution in [1.29, 1.82) is 0 Å². The number of carbonyl (C=O) groups excluding carboxylic acids is 2. The van der Waals surface area contributed by atoms with Gasteiger partial charge in [-0.3, -0.25) is 14.4 Å². The molecule has 39 heavy (non-hydrogen) atoms. The summed E-state index contributed by atoms with van der Waals surface area (Å²) in [5.41, 5.74) is -1.43. The predicted octanol–water partition coefficient (Wildman–Crippen LogP) is 4.91. The van der Waals surface area contributed by atoms with Crippen molar-refractivity contribution in [2.24, 2.45) is 7.05 Å². The highest BCUT2D eigenvalue weighted by Crippen LogP contribution is 2.38. The molecule has 0 radical (unpaired) electrons. The number of anilines is 1. The molecular weight excluding hydrogens is 520 g/mol. The molecule has 2 amide bonds. The minimum Gasteiger partial charge on any atom is -0.448 e. The number of cyclic esters (lactones) is 1. The third-order valence-corrected chi connectivity index (χ3v) is 5.96. The highest BCUT2D eigenvalue weighted by atomic mass is 19.4. The van der Waals surface area contributed by atoms with Crippen molar-refractivity contribution < 1.29 is 31.9 Å². The fraction of sp³-hybridized carbons (Fsp3) is 0.192. The van der Waals surface area contributed by atoms with Crippen molar-refractivity contribution in [2.75, 3.05) is 18.5 Å². The van der Waals surface area contributed by atoms with Gasteiger partial charge in [0.2, 0.25) is 0 Å². The number of halogens is 4. The van der Waals surface area contributed by atoms with Gasteiger partial charge in [0.25, 0.3) is 5.91 Å². The maximum Gasteiger partial charge on any atom is 0.417 e. The van der Waals surface area contributed by atoms with Crippen LogP contribution in [-0.2, 0) is 24.5 Å². The van der Waals surface area contributed by atoms with Gasteiger partial charge in [-0.25, -0.2) is 19.2 Å². The van der Waals surface area contributed by atoms with Crippen molar-refractivity contribution in [2.45, 2.75) is 12.7 Å². The fourth-order valence-electron chi connectivity index (χ4n) is 4.08. The van der Waals surface area contributed by atoms with Crippen LogP contribution >= 0.6 is 0 Å². The van der Waals surface area contributed by atoms with E-state index in [-0.39, 0.29) is 42.1 Å². The SMILES string of the molecule is Cn1ccc(-c2cc(C(=O)Nc3cnc(CN4CCOC4=O)nc3-c3ccccc3)c(F)cc2C(F)(F)F)n1. The smallest absolute Gasteiger partial charge is 0.417 e. The van der Waals surface area contributed by atoms with Crippen molar-refractivity contribution in [3.63, 3.8) is 0 Å². The van der Waals surface area contributed by atoms with Crippen molar-refractivity contribution in [1.82, 2.24) is 24.6 Å². The van der Waals surface area contributed by atoms with Crippen molar-refractivity contribution in [3.8, 4) is 22.5 Å². The largest absolute Gasteiger partial charge is 0.448 e. The lowest BCUT2D eigenvalue weighted by atomic mass is 9.99. The number of amides is 2. The molecule has 0 unspecified atom stereocenters. The molecule has 3 heterocycles.